The Morgan fingerprint density at radius 1 is 1.40 bits per heavy atom. The fourth-order valence-electron chi connectivity index (χ4n) is 1.82. The molecule has 0 saturated carbocycles. The Kier molecular flexibility index (Phi) is 7.03. The van der Waals surface area contributed by atoms with E-state index in [2.05, 4.69) is 26.4 Å². The van der Waals surface area contributed by atoms with E-state index in [4.69, 9.17) is 23.8 Å². The monoisotopic (exact) mass is 398 g/mol. The normalized spacial score (nSPS) is 10.6. The molecule has 134 valence electrons. The quantitative estimate of drug-likeness (QED) is 0.404. The lowest BCUT2D eigenvalue weighted by atomic mass is 10.2. The van der Waals surface area contributed by atoms with Gasteiger partial charge in [-0.25, -0.2) is 0 Å². The summed E-state index contributed by atoms with van der Waals surface area (Å²) < 4.78 is 1.78. The van der Waals surface area contributed by atoms with E-state index in [1.165, 1.54) is 11.8 Å². The fourth-order valence-corrected chi connectivity index (χ4v) is 3.01. The number of halogens is 1. The van der Waals surface area contributed by atoms with Crippen molar-refractivity contribution in [1.82, 2.24) is 30.9 Å². The van der Waals surface area contributed by atoms with Gasteiger partial charge in [0, 0.05) is 11.1 Å². The third-order valence-corrected chi connectivity index (χ3v) is 4.59. The third kappa shape index (κ3) is 5.87. The van der Waals surface area contributed by atoms with E-state index in [1.807, 2.05) is 39.0 Å². The molecule has 1 aromatic carbocycles. The van der Waals surface area contributed by atoms with E-state index in [0.29, 0.717) is 15.3 Å². The molecule has 25 heavy (non-hydrogen) atoms. The van der Waals surface area contributed by atoms with Crippen LogP contribution in [0.2, 0.25) is 5.02 Å². The number of nitrogens with zero attached hydrogens (tertiary/aromatic N) is 3. The van der Waals surface area contributed by atoms with Crippen LogP contribution in [-0.4, -0.2) is 37.6 Å². The molecule has 1 amide bonds. The van der Waals surface area contributed by atoms with Gasteiger partial charge in [-0.05, 0) is 50.7 Å². The first-order valence-electron chi connectivity index (χ1n) is 7.51. The summed E-state index contributed by atoms with van der Waals surface area (Å²) in [5.74, 6) is -0.0651. The van der Waals surface area contributed by atoms with E-state index in [0.717, 1.165) is 11.3 Å². The molecule has 2 rings (SSSR count). The summed E-state index contributed by atoms with van der Waals surface area (Å²) in [5, 5.41) is 12.5. The molecule has 0 radical (unpaired) electrons. The number of carbonyl (C=O) groups is 1. The Labute approximate surface area is 160 Å². The molecule has 0 aliphatic rings. The zero-order valence-corrected chi connectivity index (χ0v) is 16.4. The average Bonchev–Trinajstić information content (AvgIpc) is 3.01. The molecule has 0 bridgehead atoms. The van der Waals surface area contributed by atoms with Crippen molar-refractivity contribution >= 4 is 46.6 Å². The predicted octanol–water partition coefficient (Wildman–Crippen LogP) is 2.22. The third-order valence-electron chi connectivity index (χ3n) is 3.02. The van der Waals surface area contributed by atoms with Crippen LogP contribution < -0.4 is 16.2 Å². The standard InChI is InChI=1S/C15H19ClN6OS2/c1-9(2)18-14(24)20-19-13(23)7-25-15-21-17-8-22(15)11-5-4-10(3)12(16)6-11/h4-6,8-9H,7H2,1-3H3,(H,19,23)(H2,18,20,24). The van der Waals surface area contributed by atoms with E-state index >= 15 is 0 Å². The maximum atomic E-state index is 11.9. The molecule has 0 aliphatic carbocycles. The molecule has 2 aromatic rings. The van der Waals surface area contributed by atoms with Gasteiger partial charge < -0.3 is 5.32 Å². The van der Waals surface area contributed by atoms with Crippen LogP contribution in [-0.2, 0) is 4.79 Å². The highest BCUT2D eigenvalue weighted by atomic mass is 35.5. The topological polar surface area (TPSA) is 83.9 Å². The van der Waals surface area contributed by atoms with E-state index in [1.54, 1.807) is 10.9 Å². The average molecular weight is 399 g/mol. The molecule has 0 atom stereocenters. The number of amides is 1. The summed E-state index contributed by atoms with van der Waals surface area (Å²) in [7, 11) is 0. The second-order valence-electron chi connectivity index (χ2n) is 5.51. The zero-order valence-electron chi connectivity index (χ0n) is 14.0. The lowest BCUT2D eigenvalue weighted by Crippen LogP contribution is -2.49. The number of aryl methyl sites for hydroxylation is 1. The SMILES string of the molecule is Cc1ccc(-n2cnnc2SCC(=O)NNC(=S)NC(C)C)cc1Cl. The van der Waals surface area contributed by atoms with Gasteiger partial charge in [0.05, 0.1) is 11.4 Å². The molecule has 0 saturated heterocycles. The number of benzene rings is 1. The lowest BCUT2D eigenvalue weighted by Gasteiger charge is -2.13. The fraction of sp³-hybridized carbons (Fsp3) is 0.333. The summed E-state index contributed by atoms with van der Waals surface area (Å²) in [6, 6.07) is 5.87. The molecule has 0 unspecified atom stereocenters. The number of thiocarbonyl (C=S) groups is 1. The summed E-state index contributed by atoms with van der Waals surface area (Å²) in [5.41, 5.74) is 7.01. The van der Waals surface area contributed by atoms with Crippen LogP contribution >= 0.6 is 35.6 Å². The zero-order chi connectivity index (χ0) is 18.4. The number of rotatable bonds is 5. The highest BCUT2D eigenvalue weighted by molar-refractivity contribution is 7.99. The first kappa shape index (κ1) is 19.5. The minimum absolute atomic E-state index is 0.162. The Morgan fingerprint density at radius 2 is 2.16 bits per heavy atom. The van der Waals surface area contributed by atoms with Gasteiger partial charge in [0.25, 0.3) is 0 Å². The lowest BCUT2D eigenvalue weighted by molar-refractivity contribution is -0.119. The second kappa shape index (κ2) is 9.02. The number of hydrazine groups is 1. The minimum Gasteiger partial charge on any atom is -0.359 e. The number of nitrogens with one attached hydrogen (secondary N) is 3. The highest BCUT2D eigenvalue weighted by Gasteiger charge is 2.11. The van der Waals surface area contributed by atoms with Crippen LogP contribution in [0.3, 0.4) is 0 Å². The smallest absolute Gasteiger partial charge is 0.248 e. The van der Waals surface area contributed by atoms with Crippen molar-refractivity contribution in [3.63, 3.8) is 0 Å². The molecule has 0 fully saturated rings. The number of hydrogen-bond donors (Lipinski definition) is 3. The molecule has 0 aliphatic heterocycles. The van der Waals surface area contributed by atoms with Crippen molar-refractivity contribution < 1.29 is 4.79 Å². The van der Waals surface area contributed by atoms with Crippen molar-refractivity contribution in [1.29, 1.82) is 0 Å². The van der Waals surface area contributed by atoms with Crippen molar-refractivity contribution in [2.75, 3.05) is 5.75 Å². The Bertz CT molecular complexity index is 764. The van der Waals surface area contributed by atoms with Crippen LogP contribution in [0.1, 0.15) is 19.4 Å². The summed E-state index contributed by atoms with van der Waals surface area (Å²) in [6.45, 7) is 5.84. The van der Waals surface area contributed by atoms with Crippen molar-refractivity contribution in [3.8, 4) is 5.69 Å². The molecule has 1 heterocycles. The Hall–Kier alpha value is -1.84. The first-order valence-corrected chi connectivity index (χ1v) is 9.28. The van der Waals surface area contributed by atoms with E-state index in [9.17, 15) is 4.79 Å². The highest BCUT2D eigenvalue weighted by Crippen LogP contribution is 2.23. The van der Waals surface area contributed by atoms with E-state index in [-0.39, 0.29) is 17.7 Å². The molecule has 10 heteroatoms. The molecular weight excluding hydrogens is 380 g/mol. The van der Waals surface area contributed by atoms with Gasteiger partial charge in [-0.3, -0.25) is 20.2 Å². The maximum absolute atomic E-state index is 11.9. The number of thioether (sulfide) groups is 1. The predicted molar refractivity (Wildman–Crippen MR) is 104 cm³/mol. The van der Waals surface area contributed by atoms with Gasteiger partial charge in [-0.2, -0.15) is 0 Å². The van der Waals surface area contributed by atoms with Crippen LogP contribution in [0, 0.1) is 6.92 Å². The molecule has 3 N–H and O–H groups in total. The van der Waals surface area contributed by atoms with Crippen LogP contribution in [0.4, 0.5) is 0 Å². The number of aromatic nitrogens is 3. The van der Waals surface area contributed by atoms with Gasteiger partial charge in [-0.15, -0.1) is 10.2 Å². The van der Waals surface area contributed by atoms with Gasteiger partial charge in [0.1, 0.15) is 6.33 Å². The minimum atomic E-state index is -0.227. The summed E-state index contributed by atoms with van der Waals surface area (Å²) >= 11 is 12.5. The largest absolute Gasteiger partial charge is 0.359 e. The molecular formula is C15H19ClN6OS2. The number of carbonyl (C=O) groups excluding carboxylic acids is 1. The number of hydrogen-bond acceptors (Lipinski definition) is 5. The van der Waals surface area contributed by atoms with Crippen LogP contribution in [0.15, 0.2) is 29.7 Å². The first-order chi connectivity index (χ1) is 11.9. The summed E-state index contributed by atoms with van der Waals surface area (Å²) in [4.78, 5) is 11.9. The van der Waals surface area contributed by atoms with Crippen LogP contribution in [0.5, 0.6) is 0 Å². The molecule has 7 nitrogen and oxygen atoms in total. The summed E-state index contributed by atoms with van der Waals surface area (Å²) in [6.07, 6.45) is 1.58. The maximum Gasteiger partial charge on any atom is 0.248 e. The van der Waals surface area contributed by atoms with Crippen molar-refractivity contribution in [3.05, 3.63) is 35.1 Å². The van der Waals surface area contributed by atoms with Gasteiger partial charge in [-0.1, -0.05) is 29.4 Å². The Balaban J connectivity index is 1.92. The second-order valence-corrected chi connectivity index (χ2v) is 7.26. The van der Waals surface area contributed by atoms with Gasteiger partial charge in [0.15, 0.2) is 10.3 Å². The molecule has 0 spiro atoms. The Morgan fingerprint density at radius 3 is 2.84 bits per heavy atom. The van der Waals surface area contributed by atoms with Gasteiger partial charge >= 0.3 is 0 Å². The van der Waals surface area contributed by atoms with Gasteiger partial charge in [0.2, 0.25) is 5.91 Å². The molecule has 1 aromatic heterocycles. The van der Waals surface area contributed by atoms with Crippen molar-refractivity contribution in [2.24, 2.45) is 0 Å². The van der Waals surface area contributed by atoms with Crippen molar-refractivity contribution in [2.45, 2.75) is 32.0 Å². The van der Waals surface area contributed by atoms with E-state index < -0.39 is 0 Å². The van der Waals surface area contributed by atoms with Crippen LogP contribution in [0.25, 0.3) is 5.69 Å².